The molecule has 1 aliphatic rings. The van der Waals surface area contributed by atoms with Gasteiger partial charge in [0.05, 0.1) is 12.3 Å². The summed E-state index contributed by atoms with van der Waals surface area (Å²) in [6, 6.07) is 15.3. The number of ether oxygens (including phenoxy) is 1. The van der Waals surface area contributed by atoms with E-state index in [9.17, 15) is 4.79 Å². The predicted molar refractivity (Wildman–Crippen MR) is 97.7 cm³/mol. The van der Waals surface area contributed by atoms with Gasteiger partial charge < -0.3 is 10.1 Å². The first-order valence-corrected chi connectivity index (χ1v) is 8.71. The predicted octanol–water partition coefficient (Wildman–Crippen LogP) is 5.12. The fourth-order valence-corrected chi connectivity index (χ4v) is 3.06. The first kappa shape index (κ1) is 16.8. The van der Waals surface area contributed by atoms with Crippen LogP contribution in [0.4, 0.5) is 5.69 Å². The zero-order valence-corrected chi connectivity index (χ0v) is 14.7. The van der Waals surface area contributed by atoms with Crippen LogP contribution in [-0.4, -0.2) is 12.5 Å². The molecular formula is C20H22ClNO2. The number of anilines is 1. The smallest absolute Gasteiger partial charge is 0.228 e. The van der Waals surface area contributed by atoms with E-state index >= 15 is 0 Å². The molecule has 1 N–H and O–H groups in total. The number of para-hydroxylation sites is 2. The summed E-state index contributed by atoms with van der Waals surface area (Å²) >= 11 is 6.23. The Kier molecular flexibility index (Phi) is 5.10. The van der Waals surface area contributed by atoms with Crippen LogP contribution in [0.3, 0.4) is 0 Å². The number of carbonyl (C=O) groups is 1. The number of nitrogens with one attached hydrogen (secondary N) is 1. The van der Waals surface area contributed by atoms with Crippen molar-refractivity contribution in [2.45, 2.75) is 26.2 Å². The molecule has 2 aromatic rings. The number of hydrogen-bond acceptors (Lipinski definition) is 2. The van der Waals surface area contributed by atoms with Crippen LogP contribution in [-0.2, 0) is 4.79 Å². The van der Waals surface area contributed by atoms with Gasteiger partial charge in [0.1, 0.15) is 5.75 Å². The van der Waals surface area contributed by atoms with Crippen LogP contribution in [0.1, 0.15) is 31.7 Å². The Bertz CT molecular complexity index is 729. The third kappa shape index (κ3) is 3.90. The Balaban J connectivity index is 1.65. The van der Waals surface area contributed by atoms with Gasteiger partial charge in [-0.3, -0.25) is 4.79 Å². The molecule has 0 aliphatic heterocycles. The molecule has 2 atom stereocenters. The van der Waals surface area contributed by atoms with Crippen molar-refractivity contribution in [3.05, 3.63) is 59.1 Å². The molecule has 24 heavy (non-hydrogen) atoms. The molecule has 3 nitrogen and oxygen atoms in total. The van der Waals surface area contributed by atoms with E-state index in [1.165, 1.54) is 0 Å². The molecule has 0 spiro atoms. The van der Waals surface area contributed by atoms with Gasteiger partial charge >= 0.3 is 0 Å². The van der Waals surface area contributed by atoms with Gasteiger partial charge in [-0.05, 0) is 42.0 Å². The highest BCUT2D eigenvalue weighted by Gasteiger charge is 2.44. The van der Waals surface area contributed by atoms with E-state index in [-0.39, 0.29) is 17.7 Å². The largest absolute Gasteiger partial charge is 0.491 e. The lowest BCUT2D eigenvalue weighted by atomic mass is 10.1. The van der Waals surface area contributed by atoms with Gasteiger partial charge in [0.25, 0.3) is 0 Å². The first-order chi connectivity index (χ1) is 11.6. The van der Waals surface area contributed by atoms with E-state index in [0.29, 0.717) is 12.5 Å². The monoisotopic (exact) mass is 343 g/mol. The maximum Gasteiger partial charge on any atom is 0.228 e. The Morgan fingerprint density at radius 1 is 1.21 bits per heavy atom. The van der Waals surface area contributed by atoms with E-state index in [4.69, 9.17) is 16.3 Å². The van der Waals surface area contributed by atoms with Crippen LogP contribution in [0.5, 0.6) is 5.75 Å². The number of rotatable bonds is 6. The highest BCUT2D eigenvalue weighted by molar-refractivity contribution is 6.31. The summed E-state index contributed by atoms with van der Waals surface area (Å²) in [4.78, 5) is 12.6. The Morgan fingerprint density at radius 2 is 1.92 bits per heavy atom. The van der Waals surface area contributed by atoms with E-state index < -0.39 is 0 Å². The van der Waals surface area contributed by atoms with Crippen molar-refractivity contribution in [2.75, 3.05) is 11.9 Å². The van der Waals surface area contributed by atoms with Crippen molar-refractivity contribution in [3.63, 3.8) is 0 Å². The van der Waals surface area contributed by atoms with Crippen LogP contribution in [0.2, 0.25) is 5.02 Å². The molecule has 1 saturated carbocycles. The summed E-state index contributed by atoms with van der Waals surface area (Å²) in [5.41, 5.74) is 1.79. The lowest BCUT2D eigenvalue weighted by Gasteiger charge is -2.14. The zero-order chi connectivity index (χ0) is 17.1. The SMILES string of the molecule is CC(C)COc1ccccc1NC(=O)C1CC1c1ccccc1Cl. The molecule has 0 radical (unpaired) electrons. The molecule has 0 bridgehead atoms. The van der Waals surface area contributed by atoms with Gasteiger partial charge in [-0.15, -0.1) is 0 Å². The second-order valence-electron chi connectivity index (χ2n) is 6.66. The van der Waals surface area contributed by atoms with E-state index in [2.05, 4.69) is 19.2 Å². The quantitative estimate of drug-likeness (QED) is 0.790. The van der Waals surface area contributed by atoms with Crippen molar-refractivity contribution in [2.24, 2.45) is 11.8 Å². The number of amides is 1. The summed E-state index contributed by atoms with van der Waals surface area (Å²) in [5, 5.41) is 3.74. The molecule has 126 valence electrons. The van der Waals surface area contributed by atoms with Gasteiger partial charge in [0.2, 0.25) is 5.91 Å². The molecule has 1 fully saturated rings. The molecule has 2 unspecified atom stereocenters. The molecular weight excluding hydrogens is 322 g/mol. The summed E-state index contributed by atoms with van der Waals surface area (Å²) < 4.78 is 5.79. The minimum Gasteiger partial charge on any atom is -0.491 e. The van der Waals surface area contributed by atoms with Crippen molar-refractivity contribution in [1.82, 2.24) is 0 Å². The second-order valence-corrected chi connectivity index (χ2v) is 7.07. The minimum absolute atomic E-state index is 0.0249. The maximum atomic E-state index is 12.6. The normalized spacial score (nSPS) is 19.2. The lowest BCUT2D eigenvalue weighted by Crippen LogP contribution is -2.16. The molecule has 0 aromatic heterocycles. The summed E-state index contributed by atoms with van der Waals surface area (Å²) in [6.45, 7) is 4.82. The van der Waals surface area contributed by atoms with Crippen LogP contribution in [0.25, 0.3) is 0 Å². The summed E-state index contributed by atoms with van der Waals surface area (Å²) in [6.07, 6.45) is 0.838. The molecule has 2 aromatic carbocycles. The minimum atomic E-state index is -0.0249. The molecule has 0 saturated heterocycles. The standard InChI is InChI=1S/C20H22ClNO2/c1-13(2)12-24-19-10-6-5-9-18(19)22-20(23)16-11-15(16)14-7-3-4-8-17(14)21/h3-10,13,15-16H,11-12H2,1-2H3,(H,22,23). The lowest BCUT2D eigenvalue weighted by molar-refractivity contribution is -0.117. The van der Waals surface area contributed by atoms with Crippen LogP contribution < -0.4 is 10.1 Å². The molecule has 1 aliphatic carbocycles. The third-order valence-corrected chi connectivity index (χ3v) is 4.49. The van der Waals surface area contributed by atoms with E-state index in [0.717, 1.165) is 28.4 Å². The Labute approximate surface area is 148 Å². The maximum absolute atomic E-state index is 12.6. The molecule has 1 amide bonds. The first-order valence-electron chi connectivity index (χ1n) is 8.33. The van der Waals surface area contributed by atoms with Crippen molar-refractivity contribution >= 4 is 23.2 Å². The molecule has 3 rings (SSSR count). The zero-order valence-electron chi connectivity index (χ0n) is 14.0. The Morgan fingerprint density at radius 3 is 2.67 bits per heavy atom. The number of hydrogen-bond donors (Lipinski definition) is 1. The summed E-state index contributed by atoms with van der Waals surface area (Å²) in [7, 11) is 0. The second kappa shape index (κ2) is 7.27. The van der Waals surface area contributed by atoms with Gasteiger partial charge in [-0.1, -0.05) is 55.8 Å². The third-order valence-electron chi connectivity index (χ3n) is 4.15. The fraction of sp³-hybridized carbons (Fsp3) is 0.350. The van der Waals surface area contributed by atoms with E-state index in [1.54, 1.807) is 0 Å². The molecule has 0 heterocycles. The summed E-state index contributed by atoms with van der Waals surface area (Å²) in [5.74, 6) is 1.36. The number of benzene rings is 2. The Hall–Kier alpha value is -2.00. The molecule has 4 heteroatoms. The van der Waals surface area contributed by atoms with Crippen LogP contribution in [0, 0.1) is 11.8 Å². The van der Waals surface area contributed by atoms with Crippen LogP contribution in [0.15, 0.2) is 48.5 Å². The van der Waals surface area contributed by atoms with Crippen LogP contribution >= 0.6 is 11.6 Å². The fourth-order valence-electron chi connectivity index (χ4n) is 2.78. The highest BCUT2D eigenvalue weighted by Crippen LogP contribution is 2.50. The average molecular weight is 344 g/mol. The van der Waals surface area contributed by atoms with E-state index in [1.807, 2.05) is 48.5 Å². The van der Waals surface area contributed by atoms with Gasteiger partial charge in [-0.2, -0.15) is 0 Å². The van der Waals surface area contributed by atoms with Crippen molar-refractivity contribution < 1.29 is 9.53 Å². The van der Waals surface area contributed by atoms with Crippen molar-refractivity contribution in [3.8, 4) is 5.75 Å². The number of carbonyl (C=O) groups excluding carboxylic acids is 1. The van der Waals surface area contributed by atoms with Gasteiger partial charge in [0.15, 0.2) is 0 Å². The highest BCUT2D eigenvalue weighted by atomic mass is 35.5. The van der Waals surface area contributed by atoms with Crippen molar-refractivity contribution in [1.29, 1.82) is 0 Å². The average Bonchev–Trinajstić information content (AvgIpc) is 3.35. The van der Waals surface area contributed by atoms with Gasteiger partial charge in [0, 0.05) is 10.9 Å². The number of halogens is 1. The van der Waals surface area contributed by atoms with Gasteiger partial charge in [-0.25, -0.2) is 0 Å². The topological polar surface area (TPSA) is 38.3 Å².